The summed E-state index contributed by atoms with van der Waals surface area (Å²) in [7, 11) is 0. The largest absolute Gasteiger partial charge is 0.271 e. The lowest BCUT2D eigenvalue weighted by atomic mass is 9.87. The summed E-state index contributed by atoms with van der Waals surface area (Å²) in [5.41, 5.74) is 9.39. The van der Waals surface area contributed by atoms with E-state index in [1.165, 1.54) is 36.0 Å². The van der Waals surface area contributed by atoms with Gasteiger partial charge < -0.3 is 0 Å². The Balaban J connectivity index is 1.69. The van der Waals surface area contributed by atoms with Crippen molar-refractivity contribution < 1.29 is 4.79 Å². The van der Waals surface area contributed by atoms with Gasteiger partial charge in [-0.2, -0.15) is 5.10 Å². The number of hydrogen-bond donors (Lipinski definition) is 1. The Labute approximate surface area is 156 Å². The molecule has 0 heterocycles. The molecule has 1 amide bonds. The van der Waals surface area contributed by atoms with Crippen LogP contribution < -0.4 is 5.43 Å². The summed E-state index contributed by atoms with van der Waals surface area (Å²) in [5.74, 6) is -0.178. The third-order valence-corrected chi connectivity index (χ3v) is 5.10. The van der Waals surface area contributed by atoms with Crippen LogP contribution in [0.5, 0.6) is 0 Å². The van der Waals surface area contributed by atoms with Crippen LogP contribution in [0.25, 0.3) is 0 Å². The zero-order valence-corrected chi connectivity index (χ0v) is 16.2. The van der Waals surface area contributed by atoms with Gasteiger partial charge in [-0.25, -0.2) is 5.43 Å². The Hall–Kier alpha value is -2.42. The first kappa shape index (κ1) is 18.4. The predicted octanol–water partition coefficient (Wildman–Crippen LogP) is 5.02. The monoisotopic (exact) mass is 348 g/mol. The van der Waals surface area contributed by atoms with Gasteiger partial charge in [0.1, 0.15) is 0 Å². The van der Waals surface area contributed by atoms with Crippen LogP contribution >= 0.6 is 0 Å². The molecule has 0 aromatic heterocycles. The number of hydrazone groups is 1. The molecule has 3 rings (SSSR count). The van der Waals surface area contributed by atoms with Crippen LogP contribution in [0, 0.1) is 0 Å². The number of nitrogens with zero attached hydrogens (tertiary/aromatic N) is 1. The Morgan fingerprint density at radius 3 is 2.19 bits per heavy atom. The number of carbonyl (C=O) groups excluding carboxylic acids is 1. The first-order valence-electron chi connectivity index (χ1n) is 9.42. The van der Waals surface area contributed by atoms with E-state index in [4.69, 9.17) is 0 Å². The number of benzene rings is 2. The van der Waals surface area contributed by atoms with Crippen LogP contribution in [-0.4, -0.2) is 11.6 Å². The summed E-state index contributed by atoms with van der Waals surface area (Å²) in [6.07, 6.45) is 4.85. The molecule has 0 bridgehead atoms. The molecule has 136 valence electrons. The molecular formula is C23H28N2O. The lowest BCUT2D eigenvalue weighted by Gasteiger charge is -2.18. The van der Waals surface area contributed by atoms with Crippen molar-refractivity contribution in [2.45, 2.75) is 58.8 Å². The summed E-state index contributed by atoms with van der Waals surface area (Å²) in [6.45, 7) is 8.42. The summed E-state index contributed by atoms with van der Waals surface area (Å²) in [5, 5.41) is 4.31. The van der Waals surface area contributed by atoms with Crippen LogP contribution in [0.3, 0.4) is 0 Å². The molecule has 2 aromatic carbocycles. The van der Waals surface area contributed by atoms with Gasteiger partial charge in [-0.15, -0.1) is 0 Å². The number of amides is 1. The summed E-state index contributed by atoms with van der Waals surface area (Å²) in [4.78, 5) is 12.4. The van der Waals surface area contributed by atoms with Gasteiger partial charge >= 0.3 is 0 Å². The Kier molecular flexibility index (Phi) is 5.26. The molecule has 1 aliphatic carbocycles. The highest BCUT2D eigenvalue weighted by molar-refractivity contribution is 6.01. The molecule has 0 atom stereocenters. The minimum absolute atomic E-state index is 0.0796. The predicted molar refractivity (Wildman–Crippen MR) is 108 cm³/mol. The molecule has 26 heavy (non-hydrogen) atoms. The average molecular weight is 348 g/mol. The Bertz CT molecular complexity index is 826. The van der Waals surface area contributed by atoms with Crippen LogP contribution in [0.1, 0.15) is 73.1 Å². The third kappa shape index (κ3) is 4.21. The van der Waals surface area contributed by atoms with Crippen molar-refractivity contribution in [2.24, 2.45) is 5.10 Å². The number of rotatable bonds is 3. The number of fused-ring (bicyclic) bond motifs is 1. The van der Waals surface area contributed by atoms with Crippen molar-refractivity contribution in [3.8, 4) is 0 Å². The van der Waals surface area contributed by atoms with Crippen molar-refractivity contribution in [2.75, 3.05) is 0 Å². The van der Waals surface area contributed by atoms with Crippen LogP contribution in [0.4, 0.5) is 0 Å². The van der Waals surface area contributed by atoms with Gasteiger partial charge in [-0.1, -0.05) is 45.0 Å². The van der Waals surface area contributed by atoms with Gasteiger partial charge in [0.25, 0.3) is 5.91 Å². The lowest BCUT2D eigenvalue weighted by Crippen LogP contribution is -2.20. The summed E-state index contributed by atoms with van der Waals surface area (Å²) in [6, 6.07) is 14.3. The average Bonchev–Trinajstić information content (AvgIpc) is 2.64. The second kappa shape index (κ2) is 7.45. The minimum atomic E-state index is -0.178. The third-order valence-electron chi connectivity index (χ3n) is 5.10. The molecule has 0 unspecified atom stereocenters. The van der Waals surface area contributed by atoms with Crippen molar-refractivity contribution in [3.63, 3.8) is 0 Å². The molecule has 0 saturated carbocycles. The maximum absolute atomic E-state index is 12.4. The van der Waals surface area contributed by atoms with Crippen LogP contribution in [0.15, 0.2) is 47.6 Å². The topological polar surface area (TPSA) is 41.5 Å². The zero-order valence-electron chi connectivity index (χ0n) is 16.2. The Morgan fingerprint density at radius 1 is 0.923 bits per heavy atom. The fraction of sp³-hybridized carbons (Fsp3) is 0.391. The van der Waals surface area contributed by atoms with Gasteiger partial charge in [0, 0.05) is 5.56 Å². The smallest absolute Gasteiger partial charge is 0.267 e. The molecule has 0 fully saturated rings. The molecule has 3 nitrogen and oxygen atoms in total. The molecule has 0 aliphatic heterocycles. The van der Waals surface area contributed by atoms with E-state index in [0.717, 1.165) is 17.7 Å². The van der Waals surface area contributed by atoms with Gasteiger partial charge in [-0.05, 0) is 78.5 Å². The maximum Gasteiger partial charge on any atom is 0.271 e. The number of hydrogen-bond acceptors (Lipinski definition) is 2. The number of carbonyl (C=O) groups is 1. The maximum atomic E-state index is 12.4. The van der Waals surface area contributed by atoms with Gasteiger partial charge in [0.2, 0.25) is 0 Å². The molecule has 0 radical (unpaired) electrons. The quantitative estimate of drug-likeness (QED) is 0.614. The van der Waals surface area contributed by atoms with E-state index >= 15 is 0 Å². The number of aryl methyl sites for hydroxylation is 2. The molecule has 2 aromatic rings. The molecule has 0 saturated heterocycles. The standard InChI is InChI=1S/C23H28N2O/c1-16(19-10-9-17-7-5-6-8-20(17)15-19)24-25-22(26)18-11-13-21(14-12-18)23(2,3)4/h9-15H,5-8H2,1-4H3,(H,25,26)/b24-16+. The number of nitrogens with one attached hydrogen (secondary N) is 1. The molecule has 0 spiro atoms. The van der Waals surface area contributed by atoms with E-state index in [-0.39, 0.29) is 11.3 Å². The summed E-state index contributed by atoms with van der Waals surface area (Å²) >= 11 is 0. The zero-order chi connectivity index (χ0) is 18.7. The van der Waals surface area contributed by atoms with E-state index in [0.29, 0.717) is 5.56 Å². The van der Waals surface area contributed by atoms with Gasteiger partial charge in [-0.3, -0.25) is 4.79 Å². The van der Waals surface area contributed by atoms with Crippen molar-refractivity contribution in [1.29, 1.82) is 0 Å². The SMILES string of the molecule is C/C(=N\NC(=O)c1ccc(C(C)(C)C)cc1)c1ccc2c(c1)CCCC2. The van der Waals surface area contributed by atoms with Crippen molar-refractivity contribution >= 4 is 11.6 Å². The van der Waals surface area contributed by atoms with Crippen LogP contribution in [-0.2, 0) is 18.3 Å². The highest BCUT2D eigenvalue weighted by Gasteiger charge is 2.14. The van der Waals surface area contributed by atoms with Crippen molar-refractivity contribution in [1.82, 2.24) is 5.43 Å². The minimum Gasteiger partial charge on any atom is -0.267 e. The van der Waals surface area contributed by atoms with Gasteiger partial charge in [0.05, 0.1) is 5.71 Å². The van der Waals surface area contributed by atoms with Crippen molar-refractivity contribution in [3.05, 3.63) is 70.3 Å². The second-order valence-electron chi connectivity index (χ2n) is 8.16. The fourth-order valence-electron chi connectivity index (χ4n) is 3.34. The summed E-state index contributed by atoms with van der Waals surface area (Å²) < 4.78 is 0. The molecule has 1 aliphatic rings. The fourth-order valence-corrected chi connectivity index (χ4v) is 3.34. The highest BCUT2D eigenvalue weighted by Crippen LogP contribution is 2.23. The first-order chi connectivity index (χ1) is 12.3. The Morgan fingerprint density at radius 2 is 1.54 bits per heavy atom. The molecule has 3 heteroatoms. The van der Waals surface area contributed by atoms with Gasteiger partial charge in [0.15, 0.2) is 0 Å². The van der Waals surface area contributed by atoms with E-state index in [2.05, 4.69) is 49.5 Å². The molecule has 1 N–H and O–H groups in total. The normalized spacial score (nSPS) is 14.7. The second-order valence-corrected chi connectivity index (χ2v) is 8.16. The first-order valence-corrected chi connectivity index (χ1v) is 9.42. The molecular weight excluding hydrogens is 320 g/mol. The van der Waals surface area contributed by atoms with E-state index in [1.54, 1.807) is 0 Å². The lowest BCUT2D eigenvalue weighted by molar-refractivity contribution is 0.0955. The highest BCUT2D eigenvalue weighted by atomic mass is 16.2. The van der Waals surface area contributed by atoms with E-state index < -0.39 is 0 Å². The van der Waals surface area contributed by atoms with E-state index in [9.17, 15) is 4.79 Å². The van der Waals surface area contributed by atoms with E-state index in [1.807, 2.05) is 31.2 Å². The van der Waals surface area contributed by atoms with Crippen LogP contribution in [0.2, 0.25) is 0 Å².